The van der Waals surface area contributed by atoms with Gasteiger partial charge in [-0.3, -0.25) is 4.57 Å². The summed E-state index contributed by atoms with van der Waals surface area (Å²) in [5, 5.41) is 0. The van der Waals surface area contributed by atoms with Crippen LogP contribution in [0.15, 0.2) is 78.0 Å². The van der Waals surface area contributed by atoms with Gasteiger partial charge in [0.1, 0.15) is 11.6 Å². The van der Waals surface area contributed by atoms with E-state index in [2.05, 4.69) is 14.5 Å². The van der Waals surface area contributed by atoms with Gasteiger partial charge >= 0.3 is 6.29 Å². The highest BCUT2D eigenvalue weighted by Gasteiger charge is 2.43. The molecule has 0 unspecified atom stereocenters. The summed E-state index contributed by atoms with van der Waals surface area (Å²) in [7, 11) is -3.41. The highest BCUT2D eigenvalue weighted by Crippen LogP contribution is 2.43. The van der Waals surface area contributed by atoms with Crippen molar-refractivity contribution in [2.75, 3.05) is 6.26 Å². The maximum absolute atomic E-state index is 13.7. The van der Waals surface area contributed by atoms with Gasteiger partial charge in [0, 0.05) is 30.3 Å². The van der Waals surface area contributed by atoms with E-state index in [0.717, 1.165) is 33.9 Å². The SMILES string of the molecule is Cc1cn(-c2ccc(-c3cccc(S(C)(=O)=O)c3)cc2-c2nc(C)cn2-c2ccc3c(c2)OC(F)(F)O3)c(C)n1. The third-order valence-corrected chi connectivity index (χ3v) is 7.69. The molecule has 40 heavy (non-hydrogen) atoms. The number of hydrogen-bond acceptors (Lipinski definition) is 6. The van der Waals surface area contributed by atoms with Crippen LogP contribution in [-0.2, 0) is 9.84 Å². The van der Waals surface area contributed by atoms with Gasteiger partial charge in [0.2, 0.25) is 0 Å². The third-order valence-electron chi connectivity index (χ3n) is 6.58. The Balaban J connectivity index is 1.56. The minimum absolute atomic E-state index is 0.0508. The van der Waals surface area contributed by atoms with Gasteiger partial charge in [-0.25, -0.2) is 18.4 Å². The lowest BCUT2D eigenvalue weighted by Crippen LogP contribution is -2.25. The van der Waals surface area contributed by atoms with E-state index in [-0.39, 0.29) is 16.4 Å². The van der Waals surface area contributed by atoms with E-state index < -0.39 is 16.1 Å². The van der Waals surface area contributed by atoms with Crippen LogP contribution in [0.2, 0.25) is 0 Å². The van der Waals surface area contributed by atoms with Crippen molar-refractivity contribution in [3.63, 3.8) is 0 Å². The summed E-state index contributed by atoms with van der Waals surface area (Å²) in [6.07, 6.45) is 1.16. The van der Waals surface area contributed by atoms with Crippen LogP contribution in [0, 0.1) is 20.8 Å². The van der Waals surface area contributed by atoms with Crippen LogP contribution < -0.4 is 9.47 Å². The lowest BCUT2D eigenvalue weighted by Gasteiger charge is -2.16. The number of sulfone groups is 1. The van der Waals surface area contributed by atoms with E-state index >= 15 is 0 Å². The summed E-state index contributed by atoms with van der Waals surface area (Å²) in [4.78, 5) is 9.57. The largest absolute Gasteiger partial charge is 0.586 e. The number of benzene rings is 3. The zero-order valence-electron chi connectivity index (χ0n) is 22.0. The second-order valence-electron chi connectivity index (χ2n) is 9.71. The maximum Gasteiger partial charge on any atom is 0.586 e. The fourth-order valence-electron chi connectivity index (χ4n) is 4.85. The monoisotopic (exact) mass is 562 g/mol. The summed E-state index contributed by atoms with van der Waals surface area (Å²) < 4.78 is 64.8. The molecule has 0 saturated carbocycles. The van der Waals surface area contributed by atoms with Crippen LogP contribution in [0.25, 0.3) is 33.9 Å². The first-order valence-corrected chi connectivity index (χ1v) is 14.2. The molecule has 0 amide bonds. The molecule has 6 rings (SSSR count). The average Bonchev–Trinajstić information content (AvgIpc) is 3.54. The van der Waals surface area contributed by atoms with Gasteiger partial charge in [0.25, 0.3) is 0 Å². The van der Waals surface area contributed by atoms with Gasteiger partial charge in [-0.2, -0.15) is 0 Å². The molecule has 3 heterocycles. The molecule has 0 radical (unpaired) electrons. The van der Waals surface area contributed by atoms with Gasteiger partial charge in [-0.1, -0.05) is 18.2 Å². The van der Waals surface area contributed by atoms with Crippen molar-refractivity contribution in [1.82, 2.24) is 19.1 Å². The zero-order valence-corrected chi connectivity index (χ0v) is 22.8. The number of alkyl halides is 2. The zero-order chi connectivity index (χ0) is 28.4. The molecule has 0 bridgehead atoms. The molecule has 11 heteroatoms. The molecule has 1 aliphatic heterocycles. The lowest BCUT2D eigenvalue weighted by molar-refractivity contribution is -0.286. The topological polar surface area (TPSA) is 88.2 Å². The standard InChI is InChI=1S/C29H24F2N4O4S/c1-17-15-34(19(3)32-17)25-10-8-21(20-6-5-7-23(12-20)40(4,36)37)13-24(25)28-33-18(2)16-35(28)22-9-11-26-27(14-22)39-29(30,31)38-26/h5-16H,1-4H3. The molecule has 204 valence electrons. The summed E-state index contributed by atoms with van der Waals surface area (Å²) >= 11 is 0. The third kappa shape index (κ3) is 4.62. The Kier molecular flexibility index (Phi) is 5.81. The van der Waals surface area contributed by atoms with Crippen molar-refractivity contribution in [3.8, 4) is 45.4 Å². The van der Waals surface area contributed by atoms with Crippen LogP contribution >= 0.6 is 0 Å². The van der Waals surface area contributed by atoms with E-state index in [1.807, 2.05) is 55.8 Å². The molecule has 0 spiro atoms. The Hall–Kier alpha value is -4.51. The molecular weight excluding hydrogens is 538 g/mol. The van der Waals surface area contributed by atoms with E-state index in [0.29, 0.717) is 17.2 Å². The highest BCUT2D eigenvalue weighted by atomic mass is 32.2. The van der Waals surface area contributed by atoms with Gasteiger partial charge in [-0.05, 0) is 68.3 Å². The number of aromatic nitrogens is 4. The molecule has 8 nitrogen and oxygen atoms in total. The van der Waals surface area contributed by atoms with Crippen molar-refractivity contribution in [1.29, 1.82) is 0 Å². The Morgan fingerprint density at radius 2 is 1.50 bits per heavy atom. The molecule has 0 saturated heterocycles. The number of ether oxygens (including phenoxy) is 2. The van der Waals surface area contributed by atoms with Crippen molar-refractivity contribution < 1.29 is 26.7 Å². The maximum atomic E-state index is 13.7. The smallest absolute Gasteiger partial charge is 0.395 e. The predicted molar refractivity (Wildman–Crippen MR) is 145 cm³/mol. The van der Waals surface area contributed by atoms with E-state index in [1.54, 1.807) is 35.0 Å². The van der Waals surface area contributed by atoms with Crippen molar-refractivity contribution >= 4 is 9.84 Å². The van der Waals surface area contributed by atoms with Crippen LogP contribution in [-0.4, -0.2) is 40.1 Å². The Morgan fingerprint density at radius 3 is 2.23 bits per heavy atom. The van der Waals surface area contributed by atoms with Crippen LogP contribution in [0.5, 0.6) is 11.5 Å². The summed E-state index contributed by atoms with van der Waals surface area (Å²) in [5.74, 6) is 1.19. The molecule has 0 fully saturated rings. The molecule has 1 aliphatic rings. The fraction of sp³-hybridized carbons (Fsp3) is 0.172. The number of hydrogen-bond donors (Lipinski definition) is 0. The lowest BCUT2D eigenvalue weighted by atomic mass is 10.0. The van der Waals surface area contributed by atoms with Gasteiger partial charge < -0.3 is 14.0 Å². The molecule has 0 aliphatic carbocycles. The molecule has 3 aromatic carbocycles. The normalized spacial score (nSPS) is 14.1. The van der Waals surface area contributed by atoms with Gasteiger partial charge in [0.05, 0.1) is 27.7 Å². The van der Waals surface area contributed by atoms with Crippen molar-refractivity contribution in [2.45, 2.75) is 32.0 Å². The number of aryl methyl sites for hydroxylation is 3. The van der Waals surface area contributed by atoms with Crippen LogP contribution in [0.1, 0.15) is 17.2 Å². The van der Waals surface area contributed by atoms with Gasteiger partial charge in [-0.15, -0.1) is 8.78 Å². The second kappa shape index (κ2) is 9.02. The summed E-state index contributed by atoms with van der Waals surface area (Å²) in [6, 6.07) is 17.1. The Morgan fingerprint density at radius 1 is 0.800 bits per heavy atom. The highest BCUT2D eigenvalue weighted by molar-refractivity contribution is 7.90. The first-order chi connectivity index (χ1) is 18.9. The number of nitrogens with zero attached hydrogens (tertiary/aromatic N) is 4. The van der Waals surface area contributed by atoms with E-state index in [9.17, 15) is 17.2 Å². The number of rotatable bonds is 5. The van der Waals surface area contributed by atoms with E-state index in [4.69, 9.17) is 4.98 Å². The predicted octanol–water partition coefficient (Wildman–Crippen LogP) is 6.04. The molecule has 0 atom stereocenters. The van der Waals surface area contributed by atoms with E-state index in [1.165, 1.54) is 18.4 Å². The van der Waals surface area contributed by atoms with Crippen molar-refractivity contribution in [2.24, 2.45) is 0 Å². The quantitative estimate of drug-likeness (QED) is 0.260. The Labute approximate surface area is 229 Å². The van der Waals surface area contributed by atoms with Crippen LogP contribution in [0.4, 0.5) is 8.78 Å². The first-order valence-electron chi connectivity index (χ1n) is 12.3. The molecular formula is C29H24F2N4O4S. The second-order valence-corrected chi connectivity index (χ2v) is 11.7. The summed E-state index contributed by atoms with van der Waals surface area (Å²) in [5.41, 5.74) is 5.09. The average molecular weight is 563 g/mol. The molecule has 0 N–H and O–H groups in total. The minimum atomic E-state index is -3.73. The minimum Gasteiger partial charge on any atom is -0.395 e. The fourth-order valence-corrected chi connectivity index (χ4v) is 5.51. The molecule has 5 aromatic rings. The first kappa shape index (κ1) is 25.8. The number of imidazole rings is 2. The summed E-state index contributed by atoms with van der Waals surface area (Å²) in [6.45, 7) is 5.64. The Bertz CT molecular complexity index is 1910. The number of fused-ring (bicyclic) bond motifs is 1. The van der Waals surface area contributed by atoms with Gasteiger partial charge in [0.15, 0.2) is 21.3 Å². The molecule has 2 aromatic heterocycles. The van der Waals surface area contributed by atoms with Crippen LogP contribution in [0.3, 0.4) is 0 Å². The number of halogens is 2. The van der Waals surface area contributed by atoms with Crippen molar-refractivity contribution in [3.05, 3.63) is 90.3 Å².